The number of carbonyl (C=O) groups is 1. The zero-order chi connectivity index (χ0) is 25.3. The largest absolute Gasteiger partial charge is 0.396 e. The number of nitrogens with zero attached hydrogens (tertiary/aromatic N) is 1. The molecule has 2 aliphatic rings. The topological polar surface area (TPSA) is 84.8 Å². The molecule has 2 fully saturated rings. The molecule has 4 N–H and O–H groups in total. The molecular weight excluding hydrogens is 469 g/mol. The van der Waals surface area contributed by atoms with Gasteiger partial charge in [-0.2, -0.15) is 0 Å². The molecule has 1 aromatic rings. The molecule has 1 saturated heterocycles. The van der Waals surface area contributed by atoms with Gasteiger partial charge >= 0.3 is 6.03 Å². The van der Waals surface area contributed by atoms with Crippen molar-refractivity contribution in [3.8, 4) is 0 Å². The molecule has 35 heavy (non-hydrogen) atoms. The van der Waals surface area contributed by atoms with Gasteiger partial charge in [-0.3, -0.25) is 0 Å². The van der Waals surface area contributed by atoms with Crippen LogP contribution < -0.4 is 10.6 Å². The average Bonchev–Trinajstić information content (AvgIpc) is 2.84. The van der Waals surface area contributed by atoms with Gasteiger partial charge in [0.25, 0.3) is 0 Å². The van der Waals surface area contributed by atoms with Gasteiger partial charge in [-0.15, -0.1) is 0 Å². The van der Waals surface area contributed by atoms with E-state index < -0.39 is 11.4 Å². The van der Waals surface area contributed by atoms with Gasteiger partial charge in [0.2, 0.25) is 0 Å². The molecule has 1 aromatic carbocycles. The number of likely N-dealkylation sites (N-methyl/N-ethyl adjacent to an activating group) is 1. The molecule has 1 aliphatic heterocycles. The Morgan fingerprint density at radius 2 is 1.97 bits per heavy atom. The van der Waals surface area contributed by atoms with Gasteiger partial charge < -0.3 is 25.7 Å². The van der Waals surface area contributed by atoms with Crippen LogP contribution in [0.3, 0.4) is 0 Å². The van der Waals surface area contributed by atoms with Gasteiger partial charge in [0, 0.05) is 43.2 Å². The van der Waals surface area contributed by atoms with E-state index in [1.807, 2.05) is 7.05 Å². The normalized spacial score (nSPS) is 22.0. The van der Waals surface area contributed by atoms with E-state index in [9.17, 15) is 19.4 Å². The summed E-state index contributed by atoms with van der Waals surface area (Å²) in [6.07, 6.45) is 10.3. The Labute approximate surface area is 214 Å². The van der Waals surface area contributed by atoms with Crippen molar-refractivity contribution in [3.05, 3.63) is 34.6 Å². The van der Waals surface area contributed by atoms with Crippen LogP contribution in [-0.4, -0.2) is 60.5 Å². The Kier molecular flexibility index (Phi) is 11.1. The summed E-state index contributed by atoms with van der Waals surface area (Å²) < 4.78 is 14.2. The zero-order valence-corrected chi connectivity index (χ0v) is 21.8. The Bertz CT molecular complexity index is 788. The maximum Gasteiger partial charge on any atom is 0.317 e. The highest BCUT2D eigenvalue weighted by atomic mass is 35.5. The number of likely N-dealkylation sites (tertiary alicyclic amines) is 1. The van der Waals surface area contributed by atoms with E-state index in [1.54, 1.807) is 11.0 Å². The van der Waals surface area contributed by atoms with Crippen molar-refractivity contribution >= 4 is 17.6 Å². The highest BCUT2D eigenvalue weighted by Gasteiger charge is 2.41. The maximum absolute atomic E-state index is 14.2. The number of hydrogen-bond donors (Lipinski definition) is 4. The molecule has 0 spiro atoms. The van der Waals surface area contributed by atoms with Crippen LogP contribution in [0.15, 0.2) is 18.2 Å². The summed E-state index contributed by atoms with van der Waals surface area (Å²) in [5.41, 5.74) is -0.884. The molecule has 198 valence electrons. The van der Waals surface area contributed by atoms with Gasteiger partial charge in [0.15, 0.2) is 0 Å². The third-order valence-corrected chi connectivity index (χ3v) is 8.05. The minimum absolute atomic E-state index is 0.0348. The van der Waals surface area contributed by atoms with Crippen molar-refractivity contribution < 1.29 is 19.4 Å². The number of urea groups is 1. The van der Waals surface area contributed by atoms with Gasteiger partial charge in [-0.1, -0.05) is 43.7 Å². The zero-order valence-electron chi connectivity index (χ0n) is 21.1. The van der Waals surface area contributed by atoms with E-state index >= 15 is 0 Å². The quantitative estimate of drug-likeness (QED) is 0.321. The van der Waals surface area contributed by atoms with Crippen LogP contribution in [0.2, 0.25) is 5.02 Å². The second-order valence-electron chi connectivity index (χ2n) is 10.5. The number of unbranched alkanes of at least 4 members (excludes halogenated alkanes) is 1. The van der Waals surface area contributed by atoms with Crippen LogP contribution in [0, 0.1) is 17.7 Å². The van der Waals surface area contributed by atoms with Crippen LogP contribution in [-0.2, 0) is 5.60 Å². The first-order valence-electron chi connectivity index (χ1n) is 13.4. The highest BCUT2D eigenvalue weighted by Crippen LogP contribution is 2.41. The summed E-state index contributed by atoms with van der Waals surface area (Å²) in [5, 5.41) is 27.9. The lowest BCUT2D eigenvalue weighted by molar-refractivity contribution is -0.0563. The number of aliphatic hydroxyl groups excluding tert-OH is 1. The molecule has 1 saturated carbocycles. The van der Waals surface area contributed by atoms with Crippen molar-refractivity contribution in [3.63, 3.8) is 0 Å². The predicted molar refractivity (Wildman–Crippen MR) is 138 cm³/mol. The van der Waals surface area contributed by atoms with Crippen LogP contribution >= 0.6 is 11.6 Å². The lowest BCUT2D eigenvalue weighted by atomic mass is 9.74. The Balaban J connectivity index is 1.71. The fraction of sp³-hybridized carbons (Fsp3) is 0.741. The van der Waals surface area contributed by atoms with Crippen LogP contribution in [0.5, 0.6) is 0 Å². The minimum atomic E-state index is -1.33. The first-order chi connectivity index (χ1) is 16.9. The Hall–Kier alpha value is -1.41. The number of benzene rings is 1. The molecule has 1 heterocycles. The number of carbonyl (C=O) groups excluding carboxylic acids is 1. The summed E-state index contributed by atoms with van der Waals surface area (Å²) >= 11 is 6.13. The monoisotopic (exact) mass is 511 g/mol. The number of amides is 2. The molecule has 3 rings (SSSR count). The summed E-state index contributed by atoms with van der Waals surface area (Å²) in [4.78, 5) is 15.1. The highest BCUT2D eigenvalue weighted by molar-refractivity contribution is 6.30. The van der Waals surface area contributed by atoms with Gasteiger partial charge in [-0.25, -0.2) is 9.18 Å². The van der Waals surface area contributed by atoms with Gasteiger partial charge in [0.1, 0.15) is 5.82 Å². The van der Waals surface area contributed by atoms with Crippen LogP contribution in [0.1, 0.15) is 76.2 Å². The number of hydrogen-bond acceptors (Lipinski definition) is 4. The number of nitrogens with one attached hydrogen (secondary N) is 2. The number of rotatable bonds is 11. The van der Waals surface area contributed by atoms with Crippen molar-refractivity contribution in [1.29, 1.82) is 0 Å². The van der Waals surface area contributed by atoms with Gasteiger partial charge in [0.05, 0.1) is 5.60 Å². The molecule has 1 aliphatic carbocycles. The number of aliphatic hydroxyl groups is 2. The molecule has 3 atom stereocenters. The molecule has 0 bridgehead atoms. The fourth-order valence-electron chi connectivity index (χ4n) is 5.98. The van der Waals surface area contributed by atoms with E-state index in [0.717, 1.165) is 25.8 Å². The van der Waals surface area contributed by atoms with Crippen molar-refractivity contribution in [1.82, 2.24) is 15.5 Å². The summed E-state index contributed by atoms with van der Waals surface area (Å²) in [7, 11) is 1.91. The summed E-state index contributed by atoms with van der Waals surface area (Å²) in [6.45, 7) is 1.79. The van der Waals surface area contributed by atoms with Crippen LogP contribution in [0.4, 0.5) is 9.18 Å². The van der Waals surface area contributed by atoms with Crippen molar-refractivity contribution in [2.24, 2.45) is 11.8 Å². The van der Waals surface area contributed by atoms with E-state index in [2.05, 4.69) is 10.6 Å². The SMILES string of the molecule is CNC[C@H](CC1CCCCC1)NC(=O)N1CCC[C@@H]([C@@](O)(CCCCO)c2cc(F)cc(Cl)c2)C1. The van der Waals surface area contributed by atoms with Gasteiger partial charge in [-0.05, 0) is 75.3 Å². The summed E-state index contributed by atoms with van der Waals surface area (Å²) in [6, 6.07) is 4.17. The lowest BCUT2D eigenvalue weighted by Crippen LogP contribution is -2.54. The van der Waals surface area contributed by atoms with E-state index in [4.69, 9.17) is 11.6 Å². The van der Waals surface area contributed by atoms with Crippen LogP contribution in [0.25, 0.3) is 0 Å². The second-order valence-corrected chi connectivity index (χ2v) is 10.9. The number of halogens is 2. The molecular formula is C27H43ClFN3O3. The van der Waals surface area contributed by atoms with E-state index in [0.29, 0.717) is 43.8 Å². The lowest BCUT2D eigenvalue weighted by Gasteiger charge is -2.43. The average molecular weight is 512 g/mol. The molecule has 0 aromatic heterocycles. The number of piperidine rings is 1. The third-order valence-electron chi connectivity index (χ3n) is 7.83. The Morgan fingerprint density at radius 1 is 1.20 bits per heavy atom. The smallest absolute Gasteiger partial charge is 0.317 e. The molecule has 0 unspecified atom stereocenters. The molecule has 8 heteroatoms. The van der Waals surface area contributed by atoms with E-state index in [-0.39, 0.29) is 29.6 Å². The minimum Gasteiger partial charge on any atom is -0.396 e. The third kappa shape index (κ3) is 8.04. The molecule has 0 radical (unpaired) electrons. The second kappa shape index (κ2) is 13.8. The Morgan fingerprint density at radius 3 is 2.66 bits per heavy atom. The first-order valence-corrected chi connectivity index (χ1v) is 13.7. The van der Waals surface area contributed by atoms with Crippen molar-refractivity contribution in [2.75, 3.05) is 33.3 Å². The predicted octanol–water partition coefficient (Wildman–Crippen LogP) is 4.81. The van der Waals surface area contributed by atoms with Crippen molar-refractivity contribution in [2.45, 2.75) is 82.3 Å². The van der Waals surface area contributed by atoms with E-state index in [1.165, 1.54) is 44.2 Å². The fourth-order valence-corrected chi connectivity index (χ4v) is 6.20. The standard InChI is InChI=1S/C27H43ClFN3O3/c1-30-18-25(14-20-8-3-2-4-9-20)31-26(34)32-12-7-10-21(19-32)27(35,11-5-6-13-33)22-15-23(28)17-24(29)16-22/h15-17,20-21,25,30,33,35H,2-14,18-19H2,1H3,(H,31,34)/t21-,25+,27+/m1/s1. The maximum atomic E-state index is 14.2. The molecule has 2 amide bonds. The summed E-state index contributed by atoms with van der Waals surface area (Å²) in [5.74, 6) is -0.0818. The first kappa shape index (κ1) is 28.2. The molecule has 6 nitrogen and oxygen atoms in total.